The van der Waals surface area contributed by atoms with Gasteiger partial charge in [0.2, 0.25) is 5.91 Å². The molecule has 0 radical (unpaired) electrons. The van der Waals surface area contributed by atoms with Crippen LogP contribution in [0.3, 0.4) is 0 Å². The zero-order chi connectivity index (χ0) is 20.1. The Hall–Kier alpha value is -2.45. The van der Waals surface area contributed by atoms with Crippen molar-refractivity contribution in [2.75, 3.05) is 32.7 Å². The molecule has 0 spiro atoms. The molecule has 2 amide bonds. The van der Waals surface area contributed by atoms with Crippen molar-refractivity contribution in [2.45, 2.75) is 26.4 Å². The molecule has 3 rings (SSSR count). The standard InChI is InChI=1S/C19H25ClN6O2/c1-14(2)21-18(27)13-24-6-8-25(9-7-24)19(28)17-12-26(23-22-17)11-15-4-3-5-16(20)10-15/h3-5,10,12,14H,6-9,11,13H2,1-2H3,(H,21,27). The number of nitrogens with zero attached hydrogens (tertiary/aromatic N) is 5. The van der Waals surface area contributed by atoms with Gasteiger partial charge in [-0.3, -0.25) is 14.5 Å². The van der Waals surface area contributed by atoms with Crippen molar-refractivity contribution in [1.29, 1.82) is 0 Å². The molecule has 28 heavy (non-hydrogen) atoms. The molecule has 8 nitrogen and oxygen atoms in total. The lowest BCUT2D eigenvalue weighted by atomic mass is 10.2. The van der Waals surface area contributed by atoms with Crippen LogP contribution >= 0.6 is 11.6 Å². The van der Waals surface area contributed by atoms with Gasteiger partial charge < -0.3 is 10.2 Å². The summed E-state index contributed by atoms with van der Waals surface area (Å²) in [4.78, 5) is 28.4. The third-order valence-electron chi connectivity index (χ3n) is 4.47. The predicted molar refractivity (Wildman–Crippen MR) is 106 cm³/mol. The fourth-order valence-electron chi connectivity index (χ4n) is 3.14. The van der Waals surface area contributed by atoms with E-state index >= 15 is 0 Å². The minimum Gasteiger partial charge on any atom is -0.353 e. The fraction of sp³-hybridized carbons (Fsp3) is 0.474. The van der Waals surface area contributed by atoms with E-state index in [1.54, 1.807) is 15.8 Å². The lowest BCUT2D eigenvalue weighted by molar-refractivity contribution is -0.123. The van der Waals surface area contributed by atoms with Crippen LogP contribution in [0.4, 0.5) is 0 Å². The molecule has 150 valence electrons. The lowest BCUT2D eigenvalue weighted by Gasteiger charge is -2.34. The van der Waals surface area contributed by atoms with Crippen molar-refractivity contribution in [3.05, 3.63) is 46.7 Å². The number of halogens is 1. The van der Waals surface area contributed by atoms with Gasteiger partial charge >= 0.3 is 0 Å². The van der Waals surface area contributed by atoms with Gasteiger partial charge in [-0.25, -0.2) is 4.68 Å². The first-order valence-corrected chi connectivity index (χ1v) is 9.74. The number of piperazine rings is 1. The minimum atomic E-state index is -0.136. The number of amides is 2. The normalized spacial score (nSPS) is 15.1. The topological polar surface area (TPSA) is 83.4 Å². The average molecular weight is 405 g/mol. The van der Waals surface area contributed by atoms with Gasteiger partial charge in [-0.2, -0.15) is 0 Å². The fourth-order valence-corrected chi connectivity index (χ4v) is 3.35. The Morgan fingerprint density at radius 3 is 2.64 bits per heavy atom. The van der Waals surface area contributed by atoms with Crippen molar-refractivity contribution in [2.24, 2.45) is 0 Å². The maximum atomic E-state index is 12.7. The predicted octanol–water partition coefficient (Wildman–Crippen LogP) is 1.26. The number of benzene rings is 1. The molecular weight excluding hydrogens is 380 g/mol. The van der Waals surface area contributed by atoms with Gasteiger partial charge in [0.1, 0.15) is 0 Å². The van der Waals surface area contributed by atoms with E-state index < -0.39 is 0 Å². The summed E-state index contributed by atoms with van der Waals surface area (Å²) < 4.78 is 1.63. The number of nitrogens with one attached hydrogen (secondary N) is 1. The van der Waals surface area contributed by atoms with Gasteiger partial charge in [0, 0.05) is 37.2 Å². The first-order chi connectivity index (χ1) is 13.4. The van der Waals surface area contributed by atoms with E-state index in [0.29, 0.717) is 50.0 Å². The third kappa shape index (κ3) is 5.53. The Balaban J connectivity index is 1.51. The molecule has 0 saturated carbocycles. The molecule has 0 atom stereocenters. The maximum Gasteiger partial charge on any atom is 0.276 e. The molecule has 1 saturated heterocycles. The third-order valence-corrected chi connectivity index (χ3v) is 4.70. The molecule has 1 aliphatic heterocycles. The van der Waals surface area contributed by atoms with Crippen LogP contribution in [0.1, 0.15) is 29.9 Å². The first-order valence-electron chi connectivity index (χ1n) is 9.36. The molecule has 1 fully saturated rings. The van der Waals surface area contributed by atoms with Gasteiger partial charge in [0.15, 0.2) is 5.69 Å². The van der Waals surface area contributed by atoms with Crippen molar-refractivity contribution >= 4 is 23.4 Å². The molecule has 2 aromatic rings. The highest BCUT2D eigenvalue weighted by Crippen LogP contribution is 2.12. The van der Waals surface area contributed by atoms with E-state index in [0.717, 1.165) is 5.56 Å². The van der Waals surface area contributed by atoms with E-state index in [1.165, 1.54) is 0 Å². The molecule has 1 N–H and O–H groups in total. The second kappa shape index (κ2) is 9.16. The summed E-state index contributed by atoms with van der Waals surface area (Å²) in [6, 6.07) is 7.63. The van der Waals surface area contributed by atoms with Gasteiger partial charge in [-0.1, -0.05) is 28.9 Å². The largest absolute Gasteiger partial charge is 0.353 e. The van der Waals surface area contributed by atoms with E-state index in [1.807, 2.05) is 38.1 Å². The first kappa shape index (κ1) is 20.3. The highest BCUT2D eigenvalue weighted by atomic mass is 35.5. The van der Waals surface area contributed by atoms with Crippen molar-refractivity contribution in [1.82, 2.24) is 30.1 Å². The van der Waals surface area contributed by atoms with Crippen LogP contribution in [0.25, 0.3) is 0 Å². The molecule has 0 aliphatic carbocycles. The quantitative estimate of drug-likeness (QED) is 0.783. The van der Waals surface area contributed by atoms with Crippen LogP contribution in [0.15, 0.2) is 30.5 Å². The molecule has 1 aliphatic rings. The van der Waals surface area contributed by atoms with Crippen molar-refractivity contribution < 1.29 is 9.59 Å². The SMILES string of the molecule is CC(C)NC(=O)CN1CCN(C(=O)c2cn(Cc3cccc(Cl)c3)nn2)CC1. The number of rotatable bonds is 6. The molecule has 9 heteroatoms. The summed E-state index contributed by atoms with van der Waals surface area (Å²) in [7, 11) is 0. The Morgan fingerprint density at radius 2 is 1.96 bits per heavy atom. The number of aromatic nitrogens is 3. The minimum absolute atomic E-state index is 0.0127. The smallest absolute Gasteiger partial charge is 0.276 e. The van der Waals surface area contributed by atoms with Crippen LogP contribution in [0.2, 0.25) is 5.02 Å². The molecule has 0 unspecified atom stereocenters. The zero-order valence-electron chi connectivity index (χ0n) is 16.1. The van der Waals surface area contributed by atoms with E-state index in [-0.39, 0.29) is 17.9 Å². The second-order valence-electron chi connectivity index (χ2n) is 7.22. The molecular formula is C19H25ClN6O2. The summed E-state index contributed by atoms with van der Waals surface area (Å²) >= 11 is 6.00. The number of hydrogen-bond acceptors (Lipinski definition) is 5. The molecule has 2 heterocycles. The van der Waals surface area contributed by atoms with E-state index in [9.17, 15) is 9.59 Å². The summed E-state index contributed by atoms with van der Waals surface area (Å²) in [5.41, 5.74) is 1.32. The zero-order valence-corrected chi connectivity index (χ0v) is 16.9. The Labute approximate surface area is 169 Å². The Morgan fingerprint density at radius 1 is 1.21 bits per heavy atom. The number of carbonyl (C=O) groups is 2. The molecule has 1 aromatic heterocycles. The summed E-state index contributed by atoms with van der Waals surface area (Å²) in [6.45, 7) is 7.18. The number of carbonyl (C=O) groups excluding carboxylic acids is 2. The van der Waals surface area contributed by atoms with E-state index in [4.69, 9.17) is 11.6 Å². The number of hydrogen-bond donors (Lipinski definition) is 1. The highest BCUT2D eigenvalue weighted by molar-refractivity contribution is 6.30. The maximum absolute atomic E-state index is 12.7. The average Bonchev–Trinajstić information content (AvgIpc) is 3.09. The summed E-state index contributed by atoms with van der Waals surface area (Å²) in [5, 5.41) is 11.6. The van der Waals surface area contributed by atoms with Crippen molar-refractivity contribution in [3.63, 3.8) is 0 Å². The second-order valence-corrected chi connectivity index (χ2v) is 7.66. The van der Waals surface area contributed by atoms with Gasteiger partial charge in [0.25, 0.3) is 5.91 Å². The summed E-state index contributed by atoms with van der Waals surface area (Å²) in [5.74, 6) is -0.123. The van der Waals surface area contributed by atoms with Crippen LogP contribution in [0, 0.1) is 0 Å². The van der Waals surface area contributed by atoms with E-state index in [2.05, 4.69) is 20.5 Å². The van der Waals surface area contributed by atoms with Crippen LogP contribution < -0.4 is 5.32 Å². The Kier molecular flexibility index (Phi) is 6.64. The molecule has 1 aromatic carbocycles. The monoisotopic (exact) mass is 404 g/mol. The lowest BCUT2D eigenvalue weighted by Crippen LogP contribution is -2.51. The summed E-state index contributed by atoms with van der Waals surface area (Å²) in [6.07, 6.45) is 1.66. The van der Waals surface area contributed by atoms with Crippen LogP contribution in [-0.2, 0) is 11.3 Å². The van der Waals surface area contributed by atoms with Gasteiger partial charge in [0.05, 0.1) is 19.3 Å². The Bertz CT molecular complexity index is 829. The van der Waals surface area contributed by atoms with Crippen molar-refractivity contribution in [3.8, 4) is 0 Å². The van der Waals surface area contributed by atoms with Gasteiger partial charge in [-0.05, 0) is 31.5 Å². The van der Waals surface area contributed by atoms with Crippen LogP contribution in [0.5, 0.6) is 0 Å². The highest BCUT2D eigenvalue weighted by Gasteiger charge is 2.25. The molecule has 0 bridgehead atoms. The van der Waals surface area contributed by atoms with Crippen LogP contribution in [-0.4, -0.2) is 75.4 Å². The van der Waals surface area contributed by atoms with Gasteiger partial charge in [-0.15, -0.1) is 5.10 Å².